The summed E-state index contributed by atoms with van der Waals surface area (Å²) in [6, 6.07) is 5.66. The number of hydrazine groups is 1. The molecule has 0 saturated carbocycles. The fourth-order valence-electron chi connectivity index (χ4n) is 3.17. The van der Waals surface area contributed by atoms with Crippen LogP contribution < -0.4 is 15.6 Å². The summed E-state index contributed by atoms with van der Waals surface area (Å²) in [5, 5.41) is 9.33. The van der Waals surface area contributed by atoms with Crippen LogP contribution in [-0.4, -0.2) is 23.7 Å². The third-order valence-electron chi connectivity index (χ3n) is 4.44. The second-order valence-electron chi connectivity index (χ2n) is 6.89. The Kier molecular flexibility index (Phi) is 3.42. The summed E-state index contributed by atoms with van der Waals surface area (Å²) >= 11 is 0. The van der Waals surface area contributed by atoms with Gasteiger partial charge in [-0.1, -0.05) is 26.8 Å². The summed E-state index contributed by atoms with van der Waals surface area (Å²) in [6.45, 7) is 7.06. The van der Waals surface area contributed by atoms with Crippen molar-refractivity contribution in [2.24, 2.45) is 5.92 Å². The molecule has 2 aliphatic rings. The van der Waals surface area contributed by atoms with Crippen LogP contribution in [0.5, 0.6) is 5.75 Å². The third-order valence-corrected chi connectivity index (χ3v) is 4.44. The third kappa shape index (κ3) is 2.51. The topological polar surface area (TPSA) is 70.6 Å². The van der Waals surface area contributed by atoms with Gasteiger partial charge in [0.05, 0.1) is 12.6 Å². The van der Waals surface area contributed by atoms with E-state index in [1.54, 1.807) is 0 Å². The predicted octanol–water partition coefficient (Wildman–Crippen LogP) is 1.98. The van der Waals surface area contributed by atoms with E-state index in [-0.39, 0.29) is 17.4 Å². The molecular weight excluding hydrogens is 268 g/mol. The highest BCUT2D eigenvalue weighted by Crippen LogP contribution is 2.40. The zero-order valence-corrected chi connectivity index (χ0v) is 12.6. The van der Waals surface area contributed by atoms with Gasteiger partial charge in [-0.2, -0.15) is 0 Å². The Morgan fingerprint density at radius 2 is 2.10 bits per heavy atom. The standard InChI is InChI=1S/C16H22N2O3/c1-16(2,3)9-4-5-12-11(8-9)13-10(6-7-21-12)14(15(19)20)18-17-13/h4-5,8,10,13-14,17-18H,6-7H2,1-3H3,(H,19,20). The fourth-order valence-corrected chi connectivity index (χ4v) is 3.17. The molecule has 0 aliphatic carbocycles. The highest BCUT2D eigenvalue weighted by atomic mass is 16.5. The van der Waals surface area contributed by atoms with Gasteiger partial charge in [0.15, 0.2) is 0 Å². The van der Waals surface area contributed by atoms with Gasteiger partial charge in [-0.05, 0) is 29.5 Å². The number of carbonyl (C=O) groups is 1. The number of nitrogens with one attached hydrogen (secondary N) is 2. The summed E-state index contributed by atoms with van der Waals surface area (Å²) in [6.07, 6.45) is 0.723. The number of carboxylic acids is 1. The zero-order valence-electron chi connectivity index (χ0n) is 12.6. The van der Waals surface area contributed by atoms with Crippen LogP contribution in [0.25, 0.3) is 0 Å². The number of fused-ring (bicyclic) bond motifs is 3. The minimum absolute atomic E-state index is 0.000955. The maximum atomic E-state index is 11.4. The highest BCUT2D eigenvalue weighted by molar-refractivity contribution is 5.74. The monoisotopic (exact) mass is 290 g/mol. The number of rotatable bonds is 1. The maximum absolute atomic E-state index is 11.4. The lowest BCUT2D eigenvalue weighted by molar-refractivity contribution is -0.140. The molecule has 3 atom stereocenters. The number of benzene rings is 1. The Morgan fingerprint density at radius 3 is 2.76 bits per heavy atom. The summed E-state index contributed by atoms with van der Waals surface area (Å²) in [4.78, 5) is 11.4. The van der Waals surface area contributed by atoms with Crippen molar-refractivity contribution in [1.29, 1.82) is 0 Å². The lowest BCUT2D eigenvalue weighted by Gasteiger charge is -2.23. The molecule has 1 aromatic carbocycles. The molecule has 5 heteroatoms. The van der Waals surface area contributed by atoms with Crippen molar-refractivity contribution in [3.05, 3.63) is 29.3 Å². The summed E-state index contributed by atoms with van der Waals surface area (Å²) in [5.74, 6) is 0.0419. The van der Waals surface area contributed by atoms with Crippen LogP contribution in [0.4, 0.5) is 0 Å². The second-order valence-corrected chi connectivity index (χ2v) is 6.89. The highest BCUT2D eigenvalue weighted by Gasteiger charge is 2.43. The van der Waals surface area contributed by atoms with Gasteiger partial charge in [0, 0.05) is 11.5 Å². The molecule has 1 saturated heterocycles. The van der Waals surface area contributed by atoms with Crippen LogP contribution in [0.2, 0.25) is 0 Å². The number of hydrogen-bond donors (Lipinski definition) is 3. The lowest BCUT2D eigenvalue weighted by atomic mass is 9.82. The van der Waals surface area contributed by atoms with Crippen molar-refractivity contribution in [2.45, 2.75) is 44.7 Å². The van der Waals surface area contributed by atoms with E-state index < -0.39 is 12.0 Å². The predicted molar refractivity (Wildman–Crippen MR) is 79.2 cm³/mol. The van der Waals surface area contributed by atoms with Crippen LogP contribution in [0, 0.1) is 5.92 Å². The van der Waals surface area contributed by atoms with Gasteiger partial charge in [-0.25, -0.2) is 10.9 Å². The van der Waals surface area contributed by atoms with E-state index in [1.807, 2.05) is 6.07 Å². The number of ether oxygens (including phenoxy) is 1. The van der Waals surface area contributed by atoms with E-state index in [4.69, 9.17) is 4.74 Å². The Bertz CT molecular complexity index is 565. The van der Waals surface area contributed by atoms with Gasteiger partial charge in [0.1, 0.15) is 11.8 Å². The van der Waals surface area contributed by atoms with Crippen molar-refractivity contribution in [1.82, 2.24) is 10.9 Å². The van der Waals surface area contributed by atoms with Crippen LogP contribution in [0.15, 0.2) is 18.2 Å². The smallest absolute Gasteiger partial charge is 0.322 e. The molecule has 2 aliphatic heterocycles. The van der Waals surface area contributed by atoms with E-state index in [1.165, 1.54) is 5.56 Å². The van der Waals surface area contributed by atoms with Crippen molar-refractivity contribution in [3.8, 4) is 5.75 Å². The molecule has 3 unspecified atom stereocenters. The van der Waals surface area contributed by atoms with Gasteiger partial charge in [0.2, 0.25) is 0 Å². The fraction of sp³-hybridized carbons (Fsp3) is 0.562. The molecule has 0 bridgehead atoms. The van der Waals surface area contributed by atoms with Crippen LogP contribution >= 0.6 is 0 Å². The normalized spacial score (nSPS) is 28.2. The molecule has 3 rings (SSSR count). The van der Waals surface area contributed by atoms with Crippen molar-refractivity contribution < 1.29 is 14.6 Å². The summed E-state index contributed by atoms with van der Waals surface area (Å²) in [5.41, 5.74) is 8.41. The second kappa shape index (κ2) is 5.00. The summed E-state index contributed by atoms with van der Waals surface area (Å²) < 4.78 is 5.82. The van der Waals surface area contributed by atoms with Gasteiger partial charge in [-0.3, -0.25) is 4.79 Å². The van der Waals surface area contributed by atoms with Gasteiger partial charge >= 0.3 is 5.97 Å². The Balaban J connectivity index is 2.02. The number of hydrogen-bond acceptors (Lipinski definition) is 4. The molecule has 0 aromatic heterocycles. The first-order chi connectivity index (χ1) is 9.88. The molecule has 114 valence electrons. The van der Waals surface area contributed by atoms with Crippen molar-refractivity contribution in [3.63, 3.8) is 0 Å². The first-order valence-corrected chi connectivity index (χ1v) is 7.39. The Labute approximate surface area is 124 Å². The maximum Gasteiger partial charge on any atom is 0.322 e. The van der Waals surface area contributed by atoms with E-state index in [9.17, 15) is 9.90 Å². The molecule has 0 spiro atoms. The zero-order chi connectivity index (χ0) is 15.2. The molecule has 1 fully saturated rings. The molecule has 21 heavy (non-hydrogen) atoms. The minimum atomic E-state index is -0.814. The van der Waals surface area contributed by atoms with Crippen LogP contribution in [0.3, 0.4) is 0 Å². The SMILES string of the molecule is CC(C)(C)c1ccc2c(c1)C1NNC(C(=O)O)C1CCO2. The van der Waals surface area contributed by atoms with E-state index in [0.717, 1.165) is 17.7 Å². The first kappa shape index (κ1) is 14.4. The molecular formula is C16H22N2O3. The Hall–Kier alpha value is -1.59. The van der Waals surface area contributed by atoms with E-state index in [0.29, 0.717) is 6.61 Å². The molecule has 5 nitrogen and oxygen atoms in total. The molecule has 1 aromatic rings. The van der Waals surface area contributed by atoms with Crippen molar-refractivity contribution in [2.75, 3.05) is 6.61 Å². The Morgan fingerprint density at radius 1 is 1.33 bits per heavy atom. The molecule has 0 radical (unpaired) electrons. The van der Waals surface area contributed by atoms with Crippen LogP contribution in [-0.2, 0) is 10.2 Å². The van der Waals surface area contributed by atoms with Gasteiger partial charge in [0.25, 0.3) is 0 Å². The quantitative estimate of drug-likeness (QED) is 0.738. The largest absolute Gasteiger partial charge is 0.493 e. The van der Waals surface area contributed by atoms with Crippen LogP contribution in [0.1, 0.15) is 44.4 Å². The van der Waals surface area contributed by atoms with Gasteiger partial charge < -0.3 is 9.84 Å². The molecule has 2 heterocycles. The number of aliphatic carboxylic acids is 1. The lowest BCUT2D eigenvalue weighted by Crippen LogP contribution is -2.38. The van der Waals surface area contributed by atoms with Crippen molar-refractivity contribution >= 4 is 5.97 Å². The average molecular weight is 290 g/mol. The van der Waals surface area contributed by atoms with E-state index in [2.05, 4.69) is 43.8 Å². The average Bonchev–Trinajstić information content (AvgIpc) is 2.74. The molecule has 3 N–H and O–H groups in total. The number of carboxylic acid groups (broad SMARTS) is 1. The van der Waals surface area contributed by atoms with E-state index >= 15 is 0 Å². The van der Waals surface area contributed by atoms with Gasteiger partial charge in [-0.15, -0.1) is 0 Å². The molecule has 0 amide bonds. The minimum Gasteiger partial charge on any atom is -0.493 e. The summed E-state index contributed by atoms with van der Waals surface area (Å²) in [7, 11) is 0. The first-order valence-electron chi connectivity index (χ1n) is 7.39.